The van der Waals surface area contributed by atoms with E-state index in [1.165, 1.54) is 31.4 Å². The van der Waals surface area contributed by atoms with E-state index in [2.05, 4.69) is 10.0 Å². The van der Waals surface area contributed by atoms with E-state index in [1.54, 1.807) is 30.3 Å². The fourth-order valence-corrected chi connectivity index (χ4v) is 4.23. The Morgan fingerprint density at radius 3 is 2.28 bits per heavy atom. The minimum atomic E-state index is -4.47. The molecule has 0 spiro atoms. The number of aliphatic hydroxyl groups is 1. The van der Waals surface area contributed by atoms with Gasteiger partial charge in [-0.05, 0) is 53.4 Å². The molecule has 7 nitrogen and oxygen atoms in total. The van der Waals surface area contributed by atoms with E-state index in [9.17, 15) is 31.8 Å². The van der Waals surface area contributed by atoms with Crippen molar-refractivity contribution in [2.24, 2.45) is 0 Å². The molecule has 0 radical (unpaired) electrons. The van der Waals surface area contributed by atoms with Crippen molar-refractivity contribution in [2.45, 2.75) is 24.7 Å². The first-order valence-electron chi connectivity index (χ1n) is 10.9. The molecule has 194 valence electrons. The number of phenols is 1. The third kappa shape index (κ3) is 7.61. The predicted molar refractivity (Wildman–Crippen MR) is 130 cm³/mol. The maximum atomic E-state index is 13.2. The number of aliphatic hydroxyl groups excluding tert-OH is 1. The number of hydrogen-bond donors (Lipinski definition) is 4. The van der Waals surface area contributed by atoms with E-state index in [0.29, 0.717) is 16.9 Å². The summed E-state index contributed by atoms with van der Waals surface area (Å²) in [5.41, 5.74) is 0.731. The topological polar surface area (TPSA) is 108 Å². The van der Waals surface area contributed by atoms with Crippen LogP contribution in [0.4, 0.5) is 18.9 Å². The van der Waals surface area contributed by atoms with Gasteiger partial charge in [-0.3, -0.25) is 4.72 Å². The molecule has 0 aliphatic carbocycles. The molecule has 0 aliphatic heterocycles. The number of ether oxygens (including phenoxy) is 1. The molecule has 0 aromatic heterocycles. The lowest BCUT2D eigenvalue weighted by Gasteiger charge is -2.23. The normalized spacial score (nSPS) is 13.7. The molecular weight excluding hydrogens is 497 g/mol. The summed E-state index contributed by atoms with van der Waals surface area (Å²) in [7, 11) is -2.13. The molecule has 3 rings (SSSR count). The molecule has 4 N–H and O–H groups in total. The van der Waals surface area contributed by atoms with Gasteiger partial charge in [0.25, 0.3) is 0 Å². The Hall–Kier alpha value is -3.28. The van der Waals surface area contributed by atoms with Gasteiger partial charge in [0.15, 0.2) is 0 Å². The van der Waals surface area contributed by atoms with Crippen LogP contribution < -0.4 is 14.8 Å². The molecule has 0 bridgehead atoms. The number of phenolic OH excluding ortho intramolecular Hbond substituents is 1. The summed E-state index contributed by atoms with van der Waals surface area (Å²) in [6.07, 6.45) is -4.43. The number of aromatic hydroxyl groups is 1. The average molecular weight is 525 g/mol. The molecule has 0 heterocycles. The average Bonchev–Trinajstić information content (AvgIpc) is 2.82. The Balaban J connectivity index is 1.82. The first-order valence-corrected chi connectivity index (χ1v) is 12.8. The number of halogens is 3. The molecule has 0 aliphatic rings. The van der Waals surface area contributed by atoms with Crippen LogP contribution in [0.15, 0.2) is 66.7 Å². The number of hydrogen-bond acceptors (Lipinski definition) is 6. The van der Waals surface area contributed by atoms with E-state index < -0.39 is 33.9 Å². The summed E-state index contributed by atoms with van der Waals surface area (Å²) in [5.74, 6) is 0.316. The Morgan fingerprint density at radius 2 is 1.67 bits per heavy atom. The van der Waals surface area contributed by atoms with E-state index in [1.807, 2.05) is 0 Å². The van der Waals surface area contributed by atoms with Crippen LogP contribution in [0, 0.1) is 0 Å². The molecule has 1 unspecified atom stereocenters. The fourth-order valence-electron chi connectivity index (χ4n) is 3.67. The molecule has 3 aromatic carbocycles. The van der Waals surface area contributed by atoms with E-state index >= 15 is 0 Å². The predicted octanol–water partition coefficient (Wildman–Crippen LogP) is 4.40. The van der Waals surface area contributed by atoms with Gasteiger partial charge in [-0.25, -0.2) is 8.42 Å². The molecule has 0 saturated carbocycles. The molecule has 36 heavy (non-hydrogen) atoms. The number of nitrogens with one attached hydrogen (secondary N) is 2. The third-order valence-corrected chi connectivity index (χ3v) is 6.06. The van der Waals surface area contributed by atoms with Crippen molar-refractivity contribution >= 4 is 15.7 Å². The Kier molecular flexibility index (Phi) is 8.49. The van der Waals surface area contributed by atoms with Crippen LogP contribution >= 0.6 is 0 Å². The molecule has 0 amide bonds. The largest absolute Gasteiger partial charge is 0.506 e. The van der Waals surface area contributed by atoms with Gasteiger partial charge in [0.1, 0.15) is 11.5 Å². The van der Waals surface area contributed by atoms with Gasteiger partial charge in [-0.2, -0.15) is 13.2 Å². The minimum Gasteiger partial charge on any atom is -0.506 e. The molecule has 2 atom stereocenters. The van der Waals surface area contributed by atoms with Crippen LogP contribution in [-0.4, -0.2) is 38.5 Å². The van der Waals surface area contributed by atoms with Gasteiger partial charge < -0.3 is 20.3 Å². The summed E-state index contributed by atoms with van der Waals surface area (Å²) in [6.45, 7) is -0.00124. The summed E-state index contributed by atoms with van der Waals surface area (Å²) in [5, 5.41) is 23.8. The van der Waals surface area contributed by atoms with Crippen LogP contribution in [-0.2, 0) is 22.6 Å². The molecule has 3 aromatic rings. The lowest BCUT2D eigenvalue weighted by molar-refractivity contribution is -0.137. The highest BCUT2D eigenvalue weighted by Gasteiger charge is 2.30. The third-order valence-electron chi connectivity index (χ3n) is 5.47. The van der Waals surface area contributed by atoms with Crippen LogP contribution in [0.1, 0.15) is 34.4 Å². The van der Waals surface area contributed by atoms with Crippen molar-refractivity contribution in [1.82, 2.24) is 5.32 Å². The lowest BCUT2D eigenvalue weighted by atomic mass is 9.97. The van der Waals surface area contributed by atoms with Crippen molar-refractivity contribution in [2.75, 3.05) is 24.6 Å². The van der Waals surface area contributed by atoms with E-state index in [-0.39, 0.29) is 24.4 Å². The van der Waals surface area contributed by atoms with Crippen LogP contribution in [0.5, 0.6) is 11.5 Å². The second-order valence-electron chi connectivity index (χ2n) is 8.30. The van der Waals surface area contributed by atoms with Crippen LogP contribution in [0.3, 0.4) is 0 Å². The number of rotatable bonds is 10. The summed E-state index contributed by atoms with van der Waals surface area (Å²) < 4.78 is 70.0. The summed E-state index contributed by atoms with van der Waals surface area (Å²) in [6, 6.07) is 15.7. The highest BCUT2D eigenvalue weighted by molar-refractivity contribution is 7.92. The lowest BCUT2D eigenvalue weighted by Crippen LogP contribution is -2.28. The number of anilines is 1. The van der Waals surface area contributed by atoms with Crippen molar-refractivity contribution in [3.63, 3.8) is 0 Å². The van der Waals surface area contributed by atoms with Gasteiger partial charge in [-0.1, -0.05) is 36.4 Å². The Labute approximate surface area is 207 Å². The fraction of sp³-hybridized carbons (Fsp3) is 0.280. The van der Waals surface area contributed by atoms with Gasteiger partial charge in [-0.15, -0.1) is 0 Å². The Bertz CT molecular complexity index is 1280. The van der Waals surface area contributed by atoms with Crippen molar-refractivity contribution in [3.8, 4) is 11.5 Å². The quantitative estimate of drug-likeness (QED) is 0.293. The van der Waals surface area contributed by atoms with Crippen molar-refractivity contribution in [1.29, 1.82) is 0 Å². The highest BCUT2D eigenvalue weighted by Crippen LogP contribution is 2.31. The number of benzene rings is 3. The van der Waals surface area contributed by atoms with Gasteiger partial charge in [0.2, 0.25) is 10.0 Å². The minimum absolute atomic E-state index is 0.00124. The first kappa shape index (κ1) is 27.3. The van der Waals surface area contributed by atoms with Gasteiger partial charge >= 0.3 is 6.18 Å². The number of alkyl halides is 3. The van der Waals surface area contributed by atoms with Gasteiger partial charge in [0.05, 0.1) is 30.7 Å². The standard InChI is InChI=1S/C25H27F3N2O5S/c1-35-20-9-6-17(7-10-20)21(13-16-4-3-5-19(12-16)25(26,27)28)29-15-24(32)18-8-11-23(31)22(14-18)30-36(2,33)34/h3-12,14,21,24,29-32H,13,15H2,1-2H3/t21?,24-/m1/s1. The highest BCUT2D eigenvalue weighted by atomic mass is 32.2. The molecule has 0 saturated heterocycles. The van der Waals surface area contributed by atoms with E-state index in [0.717, 1.165) is 24.0 Å². The zero-order valence-corrected chi connectivity index (χ0v) is 20.4. The van der Waals surface area contributed by atoms with Crippen LogP contribution in [0.25, 0.3) is 0 Å². The zero-order chi connectivity index (χ0) is 26.5. The Morgan fingerprint density at radius 1 is 1.00 bits per heavy atom. The van der Waals surface area contributed by atoms with Crippen molar-refractivity contribution < 1.29 is 36.5 Å². The second kappa shape index (κ2) is 11.2. The summed E-state index contributed by atoms with van der Waals surface area (Å²) in [4.78, 5) is 0. The van der Waals surface area contributed by atoms with E-state index in [4.69, 9.17) is 4.74 Å². The van der Waals surface area contributed by atoms with Gasteiger partial charge in [0, 0.05) is 12.6 Å². The first-order chi connectivity index (χ1) is 16.9. The zero-order valence-electron chi connectivity index (χ0n) is 19.6. The summed E-state index contributed by atoms with van der Waals surface area (Å²) >= 11 is 0. The monoisotopic (exact) mass is 524 g/mol. The number of methoxy groups -OCH3 is 1. The SMILES string of the molecule is COc1ccc(C(Cc2cccc(C(F)(F)F)c2)NC[C@@H](O)c2ccc(O)c(NS(C)(=O)=O)c2)cc1. The molecule has 11 heteroatoms. The molecule has 0 fully saturated rings. The van der Waals surface area contributed by atoms with Crippen molar-refractivity contribution in [3.05, 3.63) is 89.0 Å². The second-order valence-corrected chi connectivity index (χ2v) is 10.1. The van der Waals surface area contributed by atoms with Crippen LogP contribution in [0.2, 0.25) is 0 Å². The maximum Gasteiger partial charge on any atom is 0.416 e. The molecular formula is C25H27F3N2O5S. The maximum absolute atomic E-state index is 13.2. The number of sulfonamides is 1. The smallest absolute Gasteiger partial charge is 0.416 e.